The van der Waals surface area contributed by atoms with Gasteiger partial charge in [-0.15, -0.1) is 0 Å². The first-order valence-electron chi connectivity index (χ1n) is 19.3. The molecule has 0 unspecified atom stereocenters. The lowest BCUT2D eigenvalue weighted by Crippen LogP contribution is -2.56. The average Bonchev–Trinajstić information content (AvgIpc) is 3.60. The fourth-order valence-electron chi connectivity index (χ4n) is 8.86. The largest absolute Gasteiger partial charge is 0.455 e. The molecule has 55 heavy (non-hydrogen) atoms. The van der Waals surface area contributed by atoms with Crippen LogP contribution in [0.5, 0.6) is 0 Å². The van der Waals surface area contributed by atoms with E-state index in [4.69, 9.17) is 9.47 Å². The molecule has 4 aliphatic heterocycles. The molecule has 8 atom stereocenters. The van der Waals surface area contributed by atoms with Crippen LogP contribution in [-0.4, -0.2) is 95.7 Å². The first-order valence-corrected chi connectivity index (χ1v) is 19.3. The number of hydrogen-bond donors (Lipinski definition) is 1. The molecule has 0 aromatic heterocycles. The molecular formula is C44H50N4O7. The third-order valence-corrected chi connectivity index (χ3v) is 11.9. The predicted octanol–water partition coefficient (Wildman–Crippen LogP) is 5.23. The molecule has 3 amide bonds. The van der Waals surface area contributed by atoms with E-state index < -0.39 is 66.3 Å². The summed E-state index contributed by atoms with van der Waals surface area (Å²) in [6.07, 6.45) is 5.99. The van der Waals surface area contributed by atoms with Crippen molar-refractivity contribution in [3.05, 3.63) is 120 Å². The number of nitrogens with zero attached hydrogens (tertiary/aromatic N) is 4. The molecule has 288 valence electrons. The number of carbonyl (C=O) groups excluding carboxylic acids is 4. The zero-order chi connectivity index (χ0) is 38.9. The standard InChI is InChI=1S/C44H50N4O7/c1-5-46(6-2)32-22-24-33(25-23-32)47-27-15-26-44-38(41(51)48(40(44)42(47)52)34(28-49)30-16-9-7-10-17-30)37-35(55-44)20-13-14-21-36(50)45(4)29(3)39(54-43(37)53)31-18-11-8-12-19-31/h7-13,15-20,22-26,29,34-35,37-40,49H,5-6,14,21,27-28H2,1-4H3/b20-13-/t29-,34-,35-,37+,38+,39+,40-,44+/m1/s1. The van der Waals surface area contributed by atoms with Crippen molar-refractivity contribution in [2.75, 3.05) is 43.1 Å². The van der Waals surface area contributed by atoms with Crippen LogP contribution in [0, 0.1) is 11.8 Å². The number of esters is 1. The Morgan fingerprint density at radius 1 is 0.891 bits per heavy atom. The number of rotatable bonds is 8. The van der Waals surface area contributed by atoms with Crippen LogP contribution < -0.4 is 9.80 Å². The van der Waals surface area contributed by atoms with Gasteiger partial charge in [-0.1, -0.05) is 85.0 Å². The van der Waals surface area contributed by atoms with Gasteiger partial charge in [0, 0.05) is 44.5 Å². The zero-order valence-corrected chi connectivity index (χ0v) is 31.9. The van der Waals surface area contributed by atoms with Crippen LogP contribution in [0.4, 0.5) is 11.4 Å². The fourth-order valence-corrected chi connectivity index (χ4v) is 8.86. The summed E-state index contributed by atoms with van der Waals surface area (Å²) in [6.45, 7) is 7.43. The van der Waals surface area contributed by atoms with E-state index >= 15 is 9.59 Å². The Labute approximate surface area is 322 Å². The van der Waals surface area contributed by atoms with Gasteiger partial charge in [-0.3, -0.25) is 19.2 Å². The Kier molecular flexibility index (Phi) is 11.0. The fraction of sp³-hybridized carbons (Fsp3) is 0.409. The van der Waals surface area contributed by atoms with Crippen LogP contribution in [0.25, 0.3) is 0 Å². The molecule has 11 nitrogen and oxygen atoms in total. The van der Waals surface area contributed by atoms with Gasteiger partial charge in [-0.05, 0) is 62.6 Å². The minimum atomic E-state index is -1.58. The SMILES string of the molecule is CCN(CC)c1ccc(N2CC=C[C@]34O[C@@H]5/C=C\CCC(=O)N(C)[C@H](C)[C@@H](c6ccccc6)OC(=O)[C@@H]5[C@H]3C(=O)N([C@H](CO)c3ccccc3)[C@@H]4C2=O)cc1. The van der Waals surface area contributed by atoms with Crippen molar-refractivity contribution in [2.45, 2.75) is 69.5 Å². The van der Waals surface area contributed by atoms with Crippen molar-refractivity contribution in [2.24, 2.45) is 11.8 Å². The van der Waals surface area contributed by atoms with E-state index in [0.717, 1.165) is 18.8 Å². The predicted molar refractivity (Wildman–Crippen MR) is 209 cm³/mol. The monoisotopic (exact) mass is 746 g/mol. The highest BCUT2D eigenvalue weighted by molar-refractivity contribution is 6.05. The van der Waals surface area contributed by atoms with Gasteiger partial charge in [0.15, 0.2) is 0 Å². The molecular weight excluding hydrogens is 697 g/mol. The average molecular weight is 747 g/mol. The number of ether oxygens (including phenoxy) is 2. The summed E-state index contributed by atoms with van der Waals surface area (Å²) in [5.74, 6) is -3.92. The van der Waals surface area contributed by atoms with E-state index in [1.807, 2.05) is 97.9 Å². The Morgan fingerprint density at radius 2 is 1.56 bits per heavy atom. The second kappa shape index (κ2) is 15.8. The van der Waals surface area contributed by atoms with Crippen molar-refractivity contribution < 1.29 is 33.8 Å². The summed E-state index contributed by atoms with van der Waals surface area (Å²) in [6, 6.07) is 23.5. The minimum absolute atomic E-state index is 0.0987. The van der Waals surface area contributed by atoms with Crippen LogP contribution >= 0.6 is 0 Å². The number of amides is 3. The zero-order valence-electron chi connectivity index (χ0n) is 31.9. The normalized spacial score (nSPS) is 29.4. The maximum Gasteiger partial charge on any atom is 0.313 e. The third-order valence-electron chi connectivity index (χ3n) is 11.9. The third kappa shape index (κ3) is 6.73. The van der Waals surface area contributed by atoms with E-state index in [1.54, 1.807) is 35.1 Å². The minimum Gasteiger partial charge on any atom is -0.455 e. The number of hydrogen-bond acceptors (Lipinski definition) is 8. The molecule has 11 heteroatoms. The van der Waals surface area contributed by atoms with Crippen LogP contribution in [0.1, 0.15) is 56.9 Å². The number of fused-ring (bicyclic) bond motifs is 2. The van der Waals surface area contributed by atoms with Gasteiger partial charge in [0.25, 0.3) is 5.91 Å². The molecule has 0 aliphatic carbocycles. The van der Waals surface area contributed by atoms with Gasteiger partial charge in [-0.25, -0.2) is 0 Å². The molecule has 2 saturated heterocycles. The number of anilines is 2. The molecule has 1 N–H and O–H groups in total. The Balaban J connectivity index is 1.35. The van der Waals surface area contributed by atoms with E-state index in [-0.39, 0.29) is 24.8 Å². The van der Waals surface area contributed by atoms with Gasteiger partial charge in [-0.2, -0.15) is 0 Å². The van der Waals surface area contributed by atoms with E-state index in [2.05, 4.69) is 18.7 Å². The van der Waals surface area contributed by atoms with Gasteiger partial charge in [0.05, 0.1) is 30.7 Å². The summed E-state index contributed by atoms with van der Waals surface area (Å²) in [7, 11) is 1.70. The Bertz CT molecular complexity index is 1930. The quantitative estimate of drug-likeness (QED) is 0.246. The second-order valence-electron chi connectivity index (χ2n) is 14.7. The van der Waals surface area contributed by atoms with Crippen molar-refractivity contribution >= 4 is 35.1 Å². The lowest BCUT2D eigenvalue weighted by atomic mass is 9.77. The van der Waals surface area contributed by atoms with Crippen LogP contribution in [0.3, 0.4) is 0 Å². The van der Waals surface area contributed by atoms with Crippen molar-refractivity contribution in [1.82, 2.24) is 9.80 Å². The Morgan fingerprint density at radius 3 is 2.22 bits per heavy atom. The number of allylic oxidation sites excluding steroid dienone is 1. The molecule has 3 aromatic carbocycles. The van der Waals surface area contributed by atoms with Gasteiger partial charge < -0.3 is 34.2 Å². The first kappa shape index (κ1) is 38.0. The molecule has 0 saturated carbocycles. The van der Waals surface area contributed by atoms with Crippen molar-refractivity contribution in [3.63, 3.8) is 0 Å². The van der Waals surface area contributed by atoms with Crippen LogP contribution in [-0.2, 0) is 28.7 Å². The summed E-state index contributed by atoms with van der Waals surface area (Å²) in [5, 5.41) is 11.0. The summed E-state index contributed by atoms with van der Waals surface area (Å²) in [4.78, 5) is 65.4. The molecule has 0 radical (unpaired) electrons. The molecule has 3 aromatic rings. The number of likely N-dealkylation sites (N-methyl/N-ethyl adjacent to an activating group) is 1. The highest BCUT2D eigenvalue weighted by Crippen LogP contribution is 2.55. The Hall–Kier alpha value is -5.26. The molecule has 0 bridgehead atoms. The van der Waals surface area contributed by atoms with Gasteiger partial charge in [0.2, 0.25) is 11.8 Å². The van der Waals surface area contributed by atoms with Crippen LogP contribution in [0.15, 0.2) is 109 Å². The molecule has 7 rings (SSSR count). The number of likely N-dealkylation sites (tertiary alicyclic amines) is 1. The van der Waals surface area contributed by atoms with E-state index in [9.17, 15) is 14.7 Å². The maximum atomic E-state index is 15.2. The number of carbonyl (C=O) groups is 4. The number of aliphatic hydroxyl groups excluding tert-OH is 1. The maximum absolute atomic E-state index is 15.2. The molecule has 4 aliphatic rings. The van der Waals surface area contributed by atoms with E-state index in [1.165, 1.54) is 4.90 Å². The molecule has 1 spiro atoms. The number of cyclic esters (lactones) is 1. The van der Waals surface area contributed by atoms with Gasteiger partial charge >= 0.3 is 5.97 Å². The summed E-state index contributed by atoms with van der Waals surface area (Å²) < 4.78 is 13.3. The first-order chi connectivity index (χ1) is 26.6. The molecule has 4 heterocycles. The summed E-state index contributed by atoms with van der Waals surface area (Å²) >= 11 is 0. The highest BCUT2D eigenvalue weighted by Gasteiger charge is 2.72. The highest BCUT2D eigenvalue weighted by atomic mass is 16.6. The lowest BCUT2D eigenvalue weighted by molar-refractivity contribution is -0.164. The number of aliphatic hydroxyl groups is 1. The summed E-state index contributed by atoms with van der Waals surface area (Å²) in [5.41, 5.74) is 1.45. The topological polar surface area (TPSA) is 120 Å². The number of benzene rings is 3. The van der Waals surface area contributed by atoms with E-state index in [0.29, 0.717) is 23.2 Å². The smallest absolute Gasteiger partial charge is 0.313 e. The van der Waals surface area contributed by atoms with Crippen LogP contribution in [0.2, 0.25) is 0 Å². The van der Waals surface area contributed by atoms with Crippen molar-refractivity contribution in [3.8, 4) is 0 Å². The molecule has 2 fully saturated rings. The lowest BCUT2D eigenvalue weighted by Gasteiger charge is -2.38. The second-order valence-corrected chi connectivity index (χ2v) is 14.7. The van der Waals surface area contributed by atoms with Crippen molar-refractivity contribution in [1.29, 1.82) is 0 Å². The van der Waals surface area contributed by atoms with Gasteiger partial charge in [0.1, 0.15) is 23.7 Å².